The van der Waals surface area contributed by atoms with Crippen molar-refractivity contribution in [2.75, 3.05) is 0 Å². The Morgan fingerprint density at radius 3 is 2.81 bits per heavy atom. The quantitative estimate of drug-likeness (QED) is 0.797. The van der Waals surface area contributed by atoms with Gasteiger partial charge in [0.1, 0.15) is 0 Å². The van der Waals surface area contributed by atoms with E-state index in [-0.39, 0.29) is 0 Å². The molecule has 1 nitrogen and oxygen atoms in total. The van der Waals surface area contributed by atoms with Gasteiger partial charge in [0.2, 0.25) is 0 Å². The first-order chi connectivity index (χ1) is 7.78. The van der Waals surface area contributed by atoms with Gasteiger partial charge in [-0.05, 0) is 49.7 Å². The van der Waals surface area contributed by atoms with Crippen LogP contribution in [-0.4, -0.2) is 6.04 Å². The lowest BCUT2D eigenvalue weighted by molar-refractivity contribution is 0.365. The van der Waals surface area contributed by atoms with Crippen LogP contribution < -0.4 is 5.32 Å². The van der Waals surface area contributed by atoms with Gasteiger partial charge in [-0.1, -0.05) is 30.7 Å². The van der Waals surface area contributed by atoms with Crippen LogP contribution in [0.3, 0.4) is 0 Å². The molecule has 1 heteroatoms. The van der Waals surface area contributed by atoms with Crippen LogP contribution in [0.5, 0.6) is 0 Å². The van der Waals surface area contributed by atoms with E-state index in [0.717, 1.165) is 5.92 Å². The minimum absolute atomic E-state index is 0.647. The summed E-state index contributed by atoms with van der Waals surface area (Å²) in [4.78, 5) is 0. The number of benzene rings is 1. The number of aryl methyl sites for hydroxylation is 1. The minimum Gasteiger partial charge on any atom is -0.307 e. The van der Waals surface area contributed by atoms with Crippen LogP contribution in [0.4, 0.5) is 0 Å². The molecule has 3 rings (SSSR count). The maximum atomic E-state index is 3.85. The van der Waals surface area contributed by atoms with Crippen LogP contribution in [-0.2, 0) is 6.42 Å². The smallest absolute Gasteiger partial charge is 0.0354 e. The van der Waals surface area contributed by atoms with Gasteiger partial charge in [0.25, 0.3) is 0 Å². The predicted octanol–water partition coefficient (Wildman–Crippen LogP) is 3.37. The SMILES string of the molecule is CCC1Cc2ccc(C)cc2C(C2CC2)N1. The third-order valence-electron chi connectivity index (χ3n) is 4.10. The molecule has 0 saturated heterocycles. The first-order valence-electron chi connectivity index (χ1n) is 6.63. The van der Waals surface area contributed by atoms with E-state index in [0.29, 0.717) is 12.1 Å². The van der Waals surface area contributed by atoms with E-state index < -0.39 is 0 Å². The average Bonchev–Trinajstić information content (AvgIpc) is 3.11. The Morgan fingerprint density at radius 2 is 2.12 bits per heavy atom. The zero-order valence-electron chi connectivity index (χ0n) is 10.3. The summed E-state index contributed by atoms with van der Waals surface area (Å²) in [6.07, 6.45) is 5.30. The van der Waals surface area contributed by atoms with Crippen LogP contribution in [0.2, 0.25) is 0 Å². The molecule has 2 atom stereocenters. The third-order valence-corrected chi connectivity index (χ3v) is 4.10. The summed E-state index contributed by atoms with van der Waals surface area (Å²) in [5.74, 6) is 0.912. The lowest BCUT2D eigenvalue weighted by atomic mass is 9.86. The van der Waals surface area contributed by atoms with Crippen LogP contribution in [0.1, 0.15) is 48.9 Å². The Balaban J connectivity index is 1.98. The minimum atomic E-state index is 0.647. The molecule has 1 heterocycles. The fourth-order valence-corrected chi connectivity index (χ4v) is 2.94. The summed E-state index contributed by atoms with van der Waals surface area (Å²) in [5.41, 5.74) is 4.58. The Bertz CT molecular complexity index is 392. The van der Waals surface area contributed by atoms with Crippen molar-refractivity contribution in [1.82, 2.24) is 5.32 Å². The highest BCUT2D eigenvalue weighted by molar-refractivity contribution is 5.37. The van der Waals surface area contributed by atoms with E-state index in [1.807, 2.05) is 0 Å². The van der Waals surface area contributed by atoms with Gasteiger partial charge < -0.3 is 5.32 Å². The fourth-order valence-electron chi connectivity index (χ4n) is 2.94. The molecular formula is C15H21N. The molecule has 86 valence electrons. The number of nitrogens with one attached hydrogen (secondary N) is 1. The Kier molecular flexibility index (Phi) is 2.51. The molecule has 16 heavy (non-hydrogen) atoms. The molecular weight excluding hydrogens is 194 g/mol. The summed E-state index contributed by atoms with van der Waals surface area (Å²) in [6.45, 7) is 4.50. The molecule has 2 aliphatic rings. The maximum absolute atomic E-state index is 3.85. The van der Waals surface area contributed by atoms with Gasteiger partial charge in [-0.25, -0.2) is 0 Å². The summed E-state index contributed by atoms with van der Waals surface area (Å²) < 4.78 is 0. The number of rotatable bonds is 2. The summed E-state index contributed by atoms with van der Waals surface area (Å²) >= 11 is 0. The summed E-state index contributed by atoms with van der Waals surface area (Å²) in [7, 11) is 0. The Morgan fingerprint density at radius 1 is 1.31 bits per heavy atom. The first kappa shape index (κ1) is 10.3. The standard InChI is InChI=1S/C15H21N/c1-3-13-9-12-5-4-10(2)8-14(12)15(16-13)11-6-7-11/h4-5,8,11,13,15-16H,3,6-7,9H2,1-2H3. The molecule has 1 aliphatic carbocycles. The zero-order chi connectivity index (χ0) is 11.1. The predicted molar refractivity (Wildman–Crippen MR) is 67.6 cm³/mol. The van der Waals surface area contributed by atoms with Crippen molar-refractivity contribution < 1.29 is 0 Å². The molecule has 0 bridgehead atoms. The van der Waals surface area contributed by atoms with Crippen molar-refractivity contribution in [2.24, 2.45) is 5.92 Å². The van der Waals surface area contributed by atoms with Gasteiger partial charge in [-0.3, -0.25) is 0 Å². The molecule has 1 fully saturated rings. The molecule has 0 aromatic heterocycles. The lowest BCUT2D eigenvalue weighted by Crippen LogP contribution is -2.40. The van der Waals surface area contributed by atoms with E-state index in [1.165, 1.54) is 31.2 Å². The highest BCUT2D eigenvalue weighted by Gasteiger charge is 2.36. The lowest BCUT2D eigenvalue weighted by Gasteiger charge is -2.33. The summed E-state index contributed by atoms with van der Waals surface area (Å²) in [6, 6.07) is 8.36. The first-order valence-corrected chi connectivity index (χ1v) is 6.63. The number of hydrogen-bond acceptors (Lipinski definition) is 1. The fraction of sp³-hybridized carbons (Fsp3) is 0.600. The second kappa shape index (κ2) is 3.89. The van der Waals surface area contributed by atoms with E-state index >= 15 is 0 Å². The third kappa shape index (κ3) is 1.78. The Hall–Kier alpha value is -0.820. The molecule has 1 N–H and O–H groups in total. The van der Waals surface area contributed by atoms with Crippen LogP contribution in [0.15, 0.2) is 18.2 Å². The monoisotopic (exact) mass is 215 g/mol. The largest absolute Gasteiger partial charge is 0.307 e. The second-order valence-corrected chi connectivity index (χ2v) is 5.49. The molecule has 2 unspecified atom stereocenters. The molecule has 0 spiro atoms. The van der Waals surface area contributed by atoms with Crippen molar-refractivity contribution in [1.29, 1.82) is 0 Å². The van der Waals surface area contributed by atoms with Gasteiger partial charge >= 0.3 is 0 Å². The number of hydrogen-bond donors (Lipinski definition) is 1. The molecule has 1 aliphatic heterocycles. The van der Waals surface area contributed by atoms with Gasteiger partial charge in [0.05, 0.1) is 0 Å². The molecule has 0 amide bonds. The second-order valence-electron chi connectivity index (χ2n) is 5.49. The van der Waals surface area contributed by atoms with Crippen molar-refractivity contribution in [3.05, 3.63) is 34.9 Å². The van der Waals surface area contributed by atoms with Crippen molar-refractivity contribution in [3.8, 4) is 0 Å². The van der Waals surface area contributed by atoms with Gasteiger partial charge in [-0.2, -0.15) is 0 Å². The van der Waals surface area contributed by atoms with Crippen molar-refractivity contribution in [2.45, 2.75) is 51.6 Å². The average molecular weight is 215 g/mol. The zero-order valence-corrected chi connectivity index (χ0v) is 10.3. The van der Waals surface area contributed by atoms with Crippen LogP contribution >= 0.6 is 0 Å². The van der Waals surface area contributed by atoms with Gasteiger partial charge in [0.15, 0.2) is 0 Å². The van der Waals surface area contributed by atoms with Gasteiger partial charge in [0, 0.05) is 12.1 Å². The molecule has 1 aromatic carbocycles. The highest BCUT2D eigenvalue weighted by Crippen LogP contribution is 2.44. The Labute approximate surface area is 98.3 Å². The summed E-state index contributed by atoms with van der Waals surface area (Å²) in [5, 5.41) is 3.85. The van der Waals surface area contributed by atoms with E-state index in [9.17, 15) is 0 Å². The molecule has 1 aromatic rings. The van der Waals surface area contributed by atoms with Crippen molar-refractivity contribution >= 4 is 0 Å². The highest BCUT2D eigenvalue weighted by atomic mass is 15.0. The normalized spacial score (nSPS) is 28.9. The maximum Gasteiger partial charge on any atom is 0.0354 e. The van der Waals surface area contributed by atoms with E-state index in [2.05, 4.69) is 37.4 Å². The molecule has 1 saturated carbocycles. The number of fused-ring (bicyclic) bond motifs is 1. The van der Waals surface area contributed by atoms with E-state index in [4.69, 9.17) is 0 Å². The van der Waals surface area contributed by atoms with Gasteiger partial charge in [-0.15, -0.1) is 0 Å². The van der Waals surface area contributed by atoms with Crippen molar-refractivity contribution in [3.63, 3.8) is 0 Å². The van der Waals surface area contributed by atoms with Crippen LogP contribution in [0.25, 0.3) is 0 Å². The topological polar surface area (TPSA) is 12.0 Å². The molecule has 0 radical (unpaired) electrons. The van der Waals surface area contributed by atoms with E-state index in [1.54, 1.807) is 11.1 Å². The van der Waals surface area contributed by atoms with Crippen LogP contribution in [0, 0.1) is 12.8 Å².